The molecule has 2 unspecified atom stereocenters. The van der Waals surface area contributed by atoms with Crippen molar-refractivity contribution in [1.29, 1.82) is 0 Å². The van der Waals surface area contributed by atoms with E-state index < -0.39 is 0 Å². The number of hydrogen-bond acceptors (Lipinski definition) is 4. The minimum Gasteiger partial charge on any atom is -0.447 e. The van der Waals surface area contributed by atoms with Gasteiger partial charge in [0.25, 0.3) is 0 Å². The van der Waals surface area contributed by atoms with E-state index in [9.17, 15) is 4.79 Å². The van der Waals surface area contributed by atoms with E-state index in [1.807, 2.05) is 30.3 Å². The number of fused-ring (bicyclic) bond motifs is 2. The molecule has 3 heterocycles. The van der Waals surface area contributed by atoms with Crippen LogP contribution in [0.15, 0.2) is 30.3 Å². The molecular weight excluding hydrogens is 246 g/mol. The van der Waals surface area contributed by atoms with E-state index in [0.717, 1.165) is 5.56 Å². The predicted molar refractivity (Wildman–Crippen MR) is 65.5 cm³/mol. The third kappa shape index (κ3) is 1.89. The first-order chi connectivity index (χ1) is 9.33. The molecule has 0 aromatic heterocycles. The summed E-state index contributed by atoms with van der Waals surface area (Å²) in [6.07, 6.45) is -0.0696. The number of nitrogens with zero attached hydrogens (tertiary/aromatic N) is 1. The standard InChI is InChI=1S/C14H15NO4/c16-14-15-6-11-13(19-11)12(10(15)8-18-14)17-7-9-4-2-1-3-5-9/h1-5,10-13H,6-8H2/t10-,11?,12-,13?/m0/s1. The first-order valence-electron chi connectivity index (χ1n) is 6.57. The molecule has 0 bridgehead atoms. The van der Waals surface area contributed by atoms with Gasteiger partial charge in [-0.05, 0) is 5.56 Å². The van der Waals surface area contributed by atoms with Gasteiger partial charge in [-0.15, -0.1) is 0 Å². The van der Waals surface area contributed by atoms with E-state index in [0.29, 0.717) is 19.8 Å². The van der Waals surface area contributed by atoms with Crippen molar-refractivity contribution in [1.82, 2.24) is 4.90 Å². The molecule has 5 heteroatoms. The van der Waals surface area contributed by atoms with Gasteiger partial charge >= 0.3 is 6.09 Å². The molecule has 3 aliphatic heterocycles. The summed E-state index contributed by atoms with van der Waals surface area (Å²) >= 11 is 0. The summed E-state index contributed by atoms with van der Waals surface area (Å²) in [6, 6.07) is 10.0. The summed E-state index contributed by atoms with van der Waals surface area (Å²) in [4.78, 5) is 13.3. The van der Waals surface area contributed by atoms with E-state index in [2.05, 4.69) is 0 Å². The molecule has 4 atom stereocenters. The van der Waals surface area contributed by atoms with Crippen molar-refractivity contribution >= 4 is 6.09 Å². The van der Waals surface area contributed by atoms with Gasteiger partial charge in [0.2, 0.25) is 0 Å². The van der Waals surface area contributed by atoms with Gasteiger partial charge in [-0.3, -0.25) is 4.90 Å². The van der Waals surface area contributed by atoms with E-state index in [-0.39, 0.29) is 30.4 Å². The third-order valence-corrected chi connectivity index (χ3v) is 4.00. The number of cyclic esters (lactones) is 1. The van der Waals surface area contributed by atoms with Crippen LogP contribution in [0, 0.1) is 0 Å². The molecule has 100 valence electrons. The van der Waals surface area contributed by atoms with Gasteiger partial charge in [-0.25, -0.2) is 4.79 Å². The Labute approximate surface area is 111 Å². The number of amides is 1. The van der Waals surface area contributed by atoms with Gasteiger partial charge in [0, 0.05) is 0 Å². The normalized spacial score (nSPS) is 35.6. The Balaban J connectivity index is 1.46. The number of piperidine rings is 1. The molecule has 0 aliphatic carbocycles. The van der Waals surface area contributed by atoms with Crippen molar-refractivity contribution in [3.63, 3.8) is 0 Å². The highest BCUT2D eigenvalue weighted by Crippen LogP contribution is 2.39. The molecular formula is C14H15NO4. The Hall–Kier alpha value is -1.59. The fourth-order valence-corrected chi connectivity index (χ4v) is 2.92. The van der Waals surface area contributed by atoms with Crippen LogP contribution in [0.2, 0.25) is 0 Å². The Morgan fingerprint density at radius 3 is 3.00 bits per heavy atom. The molecule has 1 amide bonds. The highest BCUT2D eigenvalue weighted by Gasteiger charge is 2.59. The highest BCUT2D eigenvalue weighted by atomic mass is 16.6. The zero-order valence-electron chi connectivity index (χ0n) is 10.4. The number of ether oxygens (including phenoxy) is 3. The van der Waals surface area contributed by atoms with E-state index in [1.54, 1.807) is 4.90 Å². The van der Waals surface area contributed by atoms with Crippen LogP contribution in [0.5, 0.6) is 0 Å². The quantitative estimate of drug-likeness (QED) is 0.766. The molecule has 3 aliphatic rings. The second-order valence-electron chi connectivity index (χ2n) is 5.20. The lowest BCUT2D eigenvalue weighted by Gasteiger charge is -2.31. The summed E-state index contributed by atoms with van der Waals surface area (Å²) < 4.78 is 16.7. The van der Waals surface area contributed by atoms with Crippen molar-refractivity contribution in [2.75, 3.05) is 13.2 Å². The lowest BCUT2D eigenvalue weighted by molar-refractivity contribution is -0.0241. The fraction of sp³-hybridized carbons (Fsp3) is 0.500. The first kappa shape index (κ1) is 11.3. The third-order valence-electron chi connectivity index (χ3n) is 4.00. The molecule has 3 fully saturated rings. The molecule has 0 N–H and O–H groups in total. The molecule has 3 saturated heterocycles. The van der Waals surface area contributed by atoms with Crippen molar-refractivity contribution in [3.8, 4) is 0 Å². The number of hydrogen-bond donors (Lipinski definition) is 0. The molecule has 5 nitrogen and oxygen atoms in total. The molecule has 1 aromatic carbocycles. The van der Waals surface area contributed by atoms with Gasteiger partial charge in [0.15, 0.2) is 0 Å². The summed E-state index contributed by atoms with van der Waals surface area (Å²) in [6.45, 7) is 1.58. The number of carbonyl (C=O) groups excluding carboxylic acids is 1. The molecule has 0 radical (unpaired) electrons. The van der Waals surface area contributed by atoms with E-state index >= 15 is 0 Å². The summed E-state index contributed by atoms with van der Waals surface area (Å²) in [5.41, 5.74) is 1.13. The first-order valence-corrected chi connectivity index (χ1v) is 6.57. The second kappa shape index (κ2) is 4.21. The maximum Gasteiger partial charge on any atom is 0.410 e. The highest BCUT2D eigenvalue weighted by molar-refractivity contribution is 5.70. The van der Waals surface area contributed by atoms with Crippen molar-refractivity contribution in [2.24, 2.45) is 0 Å². The Kier molecular flexibility index (Phi) is 2.50. The summed E-state index contributed by atoms with van der Waals surface area (Å²) in [5.74, 6) is 0. The lowest BCUT2D eigenvalue weighted by atomic mass is 10.0. The van der Waals surface area contributed by atoms with Crippen LogP contribution in [0.1, 0.15) is 5.56 Å². The van der Waals surface area contributed by atoms with Gasteiger partial charge in [-0.2, -0.15) is 0 Å². The molecule has 0 spiro atoms. The van der Waals surface area contributed by atoms with Crippen LogP contribution in [0.3, 0.4) is 0 Å². The van der Waals surface area contributed by atoms with Gasteiger partial charge in [0.05, 0.1) is 19.2 Å². The molecule has 4 rings (SSSR count). The fourth-order valence-electron chi connectivity index (χ4n) is 2.92. The average Bonchev–Trinajstić information content (AvgIpc) is 3.13. The molecule has 0 saturated carbocycles. The average molecular weight is 261 g/mol. The Morgan fingerprint density at radius 2 is 2.16 bits per heavy atom. The van der Waals surface area contributed by atoms with Crippen LogP contribution in [0.4, 0.5) is 4.79 Å². The minimum atomic E-state index is -0.243. The van der Waals surface area contributed by atoms with Crippen LogP contribution in [-0.2, 0) is 20.8 Å². The second-order valence-corrected chi connectivity index (χ2v) is 5.20. The number of epoxide rings is 1. The SMILES string of the molecule is O=C1OC[C@H]2[C@H](OCc3ccccc3)C3OC3CN12. The smallest absolute Gasteiger partial charge is 0.410 e. The summed E-state index contributed by atoms with van der Waals surface area (Å²) in [7, 11) is 0. The zero-order chi connectivity index (χ0) is 12.8. The Bertz CT molecular complexity index is 491. The van der Waals surface area contributed by atoms with Crippen LogP contribution in [-0.4, -0.2) is 48.5 Å². The van der Waals surface area contributed by atoms with Gasteiger partial charge in [-0.1, -0.05) is 30.3 Å². The maximum absolute atomic E-state index is 11.6. The molecule has 1 aromatic rings. The van der Waals surface area contributed by atoms with Crippen LogP contribution < -0.4 is 0 Å². The van der Waals surface area contributed by atoms with Gasteiger partial charge < -0.3 is 14.2 Å². The van der Waals surface area contributed by atoms with E-state index in [1.165, 1.54) is 0 Å². The van der Waals surface area contributed by atoms with Crippen molar-refractivity contribution in [2.45, 2.75) is 31.0 Å². The largest absolute Gasteiger partial charge is 0.447 e. The predicted octanol–water partition coefficient (Wildman–Crippen LogP) is 1.17. The topological polar surface area (TPSA) is 51.3 Å². The Morgan fingerprint density at radius 1 is 1.32 bits per heavy atom. The monoisotopic (exact) mass is 261 g/mol. The number of carbonyl (C=O) groups is 1. The number of benzene rings is 1. The lowest BCUT2D eigenvalue weighted by Crippen LogP contribution is -2.52. The summed E-state index contributed by atoms with van der Waals surface area (Å²) in [5, 5.41) is 0. The molecule has 19 heavy (non-hydrogen) atoms. The number of rotatable bonds is 3. The minimum absolute atomic E-state index is 0.0000350. The van der Waals surface area contributed by atoms with Crippen molar-refractivity contribution < 1.29 is 19.0 Å². The van der Waals surface area contributed by atoms with Crippen LogP contribution >= 0.6 is 0 Å². The zero-order valence-corrected chi connectivity index (χ0v) is 10.4. The van der Waals surface area contributed by atoms with E-state index in [4.69, 9.17) is 14.2 Å². The van der Waals surface area contributed by atoms with Crippen LogP contribution in [0.25, 0.3) is 0 Å². The van der Waals surface area contributed by atoms with Gasteiger partial charge in [0.1, 0.15) is 24.9 Å². The maximum atomic E-state index is 11.6. The van der Waals surface area contributed by atoms with Crippen molar-refractivity contribution in [3.05, 3.63) is 35.9 Å².